The number of nitrogens with zero attached hydrogens (tertiary/aromatic N) is 1. The van der Waals surface area contributed by atoms with E-state index >= 15 is 0 Å². The minimum atomic E-state index is -0.863. The second-order valence-electron chi connectivity index (χ2n) is 5.61. The Kier molecular flexibility index (Phi) is 4.52. The smallest absolute Gasteiger partial charge is 0.270 e. The first-order valence-electron chi connectivity index (χ1n) is 7.80. The maximum Gasteiger partial charge on any atom is 0.270 e. The van der Waals surface area contributed by atoms with Crippen LogP contribution >= 0.6 is 0 Å². The number of para-hydroxylation sites is 2. The molecule has 2 aromatic carbocycles. The van der Waals surface area contributed by atoms with Gasteiger partial charge in [-0.2, -0.15) is 0 Å². The zero-order valence-electron chi connectivity index (χ0n) is 13.9. The predicted molar refractivity (Wildman–Crippen MR) is 89.9 cm³/mol. The fourth-order valence-corrected chi connectivity index (χ4v) is 2.71. The van der Waals surface area contributed by atoms with E-state index in [-0.39, 0.29) is 17.9 Å². The minimum Gasteiger partial charge on any atom is -0.496 e. The van der Waals surface area contributed by atoms with Gasteiger partial charge in [0.05, 0.1) is 24.8 Å². The molecule has 0 fully saturated rings. The standard InChI is InChI=1S/C19H17NO5/c1-12-18(22)20(19(23)14-8-4-6-10-17(14)25-12)11-15(21)13-7-3-5-9-16(13)24-2/h3-10,12H,11H2,1-2H3/t12-/m0/s1. The summed E-state index contributed by atoms with van der Waals surface area (Å²) in [5, 5.41) is 0. The van der Waals surface area contributed by atoms with Crippen LogP contribution < -0.4 is 9.47 Å². The van der Waals surface area contributed by atoms with Crippen molar-refractivity contribution in [3.05, 3.63) is 59.7 Å². The zero-order valence-corrected chi connectivity index (χ0v) is 13.9. The third kappa shape index (κ3) is 3.10. The van der Waals surface area contributed by atoms with Gasteiger partial charge in [0.25, 0.3) is 11.8 Å². The molecule has 0 radical (unpaired) electrons. The van der Waals surface area contributed by atoms with Crippen LogP contribution in [-0.2, 0) is 4.79 Å². The number of hydrogen-bond donors (Lipinski definition) is 0. The van der Waals surface area contributed by atoms with Gasteiger partial charge in [-0.05, 0) is 31.2 Å². The highest BCUT2D eigenvalue weighted by atomic mass is 16.5. The molecule has 1 atom stereocenters. The van der Waals surface area contributed by atoms with Gasteiger partial charge < -0.3 is 9.47 Å². The molecule has 3 rings (SSSR count). The Morgan fingerprint density at radius 3 is 2.56 bits per heavy atom. The van der Waals surface area contributed by atoms with Gasteiger partial charge >= 0.3 is 0 Å². The van der Waals surface area contributed by atoms with Gasteiger partial charge in [-0.25, -0.2) is 0 Å². The average Bonchev–Trinajstić information content (AvgIpc) is 2.72. The molecule has 1 aliphatic heterocycles. The van der Waals surface area contributed by atoms with Crippen molar-refractivity contribution < 1.29 is 23.9 Å². The molecule has 0 spiro atoms. The van der Waals surface area contributed by atoms with E-state index in [1.165, 1.54) is 7.11 Å². The van der Waals surface area contributed by atoms with Crippen molar-refractivity contribution in [2.24, 2.45) is 0 Å². The lowest BCUT2D eigenvalue weighted by Crippen LogP contribution is -2.44. The summed E-state index contributed by atoms with van der Waals surface area (Å²) in [5.41, 5.74) is 0.574. The fourth-order valence-electron chi connectivity index (χ4n) is 2.71. The lowest BCUT2D eigenvalue weighted by Gasteiger charge is -2.20. The monoisotopic (exact) mass is 339 g/mol. The van der Waals surface area contributed by atoms with E-state index in [0.717, 1.165) is 4.90 Å². The number of carbonyl (C=O) groups is 3. The van der Waals surface area contributed by atoms with Gasteiger partial charge in [0, 0.05) is 0 Å². The summed E-state index contributed by atoms with van der Waals surface area (Å²) in [5.74, 6) is -0.754. The molecule has 6 nitrogen and oxygen atoms in total. The van der Waals surface area contributed by atoms with Crippen LogP contribution in [0.25, 0.3) is 0 Å². The molecule has 2 amide bonds. The first-order chi connectivity index (χ1) is 12.0. The maximum absolute atomic E-state index is 12.8. The van der Waals surface area contributed by atoms with E-state index in [4.69, 9.17) is 9.47 Å². The molecule has 0 aromatic heterocycles. The van der Waals surface area contributed by atoms with Crippen molar-refractivity contribution in [2.45, 2.75) is 13.0 Å². The Bertz CT molecular complexity index is 845. The Hall–Kier alpha value is -3.15. The number of ketones is 1. The second-order valence-corrected chi connectivity index (χ2v) is 5.61. The quantitative estimate of drug-likeness (QED) is 0.631. The number of Topliss-reactive ketones (excluding diaryl/α,β-unsaturated/α-hetero) is 1. The molecule has 6 heteroatoms. The third-order valence-corrected chi connectivity index (χ3v) is 3.99. The molecule has 25 heavy (non-hydrogen) atoms. The first-order valence-corrected chi connectivity index (χ1v) is 7.80. The van der Waals surface area contributed by atoms with Gasteiger partial charge in [0.1, 0.15) is 11.5 Å². The number of fused-ring (bicyclic) bond motifs is 1. The molecule has 128 valence electrons. The van der Waals surface area contributed by atoms with E-state index in [1.807, 2.05) is 0 Å². The van der Waals surface area contributed by atoms with Crippen molar-refractivity contribution in [2.75, 3.05) is 13.7 Å². The molecule has 0 N–H and O–H groups in total. The van der Waals surface area contributed by atoms with Crippen LogP contribution in [0.5, 0.6) is 11.5 Å². The van der Waals surface area contributed by atoms with Crippen LogP contribution in [0.4, 0.5) is 0 Å². The van der Waals surface area contributed by atoms with E-state index in [2.05, 4.69) is 0 Å². The lowest BCUT2D eigenvalue weighted by atomic mass is 10.1. The second kappa shape index (κ2) is 6.76. The van der Waals surface area contributed by atoms with E-state index in [9.17, 15) is 14.4 Å². The SMILES string of the molecule is COc1ccccc1C(=O)CN1C(=O)c2ccccc2O[C@@H](C)C1=O. The van der Waals surface area contributed by atoms with Gasteiger partial charge in [-0.1, -0.05) is 24.3 Å². The summed E-state index contributed by atoms with van der Waals surface area (Å²) in [6, 6.07) is 13.3. The molecule has 0 aliphatic carbocycles. The number of carbonyl (C=O) groups excluding carboxylic acids is 3. The highest BCUT2D eigenvalue weighted by Gasteiger charge is 2.35. The largest absolute Gasteiger partial charge is 0.496 e. The number of amides is 2. The third-order valence-electron chi connectivity index (χ3n) is 3.99. The zero-order chi connectivity index (χ0) is 18.0. The van der Waals surface area contributed by atoms with Crippen LogP contribution in [0.3, 0.4) is 0 Å². The van der Waals surface area contributed by atoms with E-state index in [1.54, 1.807) is 55.5 Å². The Balaban J connectivity index is 1.94. The minimum absolute atomic E-state index is 0.257. The van der Waals surface area contributed by atoms with Gasteiger partial charge in [0.15, 0.2) is 11.9 Å². The first kappa shape index (κ1) is 16.7. The van der Waals surface area contributed by atoms with Crippen LogP contribution in [0.2, 0.25) is 0 Å². The molecule has 0 bridgehead atoms. The molecule has 0 unspecified atom stereocenters. The summed E-state index contributed by atoms with van der Waals surface area (Å²) in [6.07, 6.45) is -0.863. The number of ether oxygens (including phenoxy) is 2. The van der Waals surface area contributed by atoms with Crippen LogP contribution in [0.15, 0.2) is 48.5 Å². The number of imide groups is 1. The normalized spacial score (nSPS) is 16.7. The summed E-state index contributed by atoms with van der Waals surface area (Å²) >= 11 is 0. The Labute approximate surface area is 145 Å². The molecule has 1 heterocycles. The van der Waals surface area contributed by atoms with Crippen molar-refractivity contribution in [1.29, 1.82) is 0 Å². The van der Waals surface area contributed by atoms with E-state index in [0.29, 0.717) is 17.1 Å². The van der Waals surface area contributed by atoms with Gasteiger partial charge in [0.2, 0.25) is 0 Å². The number of benzene rings is 2. The summed E-state index contributed by atoms with van der Waals surface area (Å²) < 4.78 is 10.7. The van der Waals surface area contributed by atoms with Crippen LogP contribution in [0.1, 0.15) is 27.6 Å². The molecule has 2 aromatic rings. The van der Waals surface area contributed by atoms with E-state index < -0.39 is 17.9 Å². The molecule has 0 saturated carbocycles. The average molecular weight is 339 g/mol. The number of rotatable bonds is 4. The van der Waals surface area contributed by atoms with Crippen molar-refractivity contribution in [1.82, 2.24) is 4.90 Å². The number of hydrogen-bond acceptors (Lipinski definition) is 5. The fraction of sp³-hybridized carbons (Fsp3) is 0.211. The highest BCUT2D eigenvalue weighted by Crippen LogP contribution is 2.26. The molecule has 1 aliphatic rings. The van der Waals surface area contributed by atoms with Crippen LogP contribution in [-0.4, -0.2) is 42.3 Å². The molecule has 0 saturated heterocycles. The maximum atomic E-state index is 12.8. The molecular formula is C19H17NO5. The summed E-state index contributed by atoms with van der Waals surface area (Å²) in [4.78, 5) is 38.9. The topological polar surface area (TPSA) is 72.9 Å². The highest BCUT2D eigenvalue weighted by molar-refractivity contribution is 6.12. The summed E-state index contributed by atoms with van der Waals surface area (Å²) in [6.45, 7) is 1.18. The lowest BCUT2D eigenvalue weighted by molar-refractivity contribution is -0.134. The van der Waals surface area contributed by atoms with Crippen molar-refractivity contribution >= 4 is 17.6 Å². The number of methoxy groups -OCH3 is 1. The Morgan fingerprint density at radius 2 is 1.80 bits per heavy atom. The van der Waals surface area contributed by atoms with Crippen molar-refractivity contribution in [3.8, 4) is 11.5 Å². The van der Waals surface area contributed by atoms with Crippen LogP contribution in [0, 0.1) is 0 Å². The van der Waals surface area contributed by atoms with Crippen molar-refractivity contribution in [3.63, 3.8) is 0 Å². The summed E-state index contributed by atoms with van der Waals surface area (Å²) in [7, 11) is 1.46. The van der Waals surface area contributed by atoms with Gasteiger partial charge in [-0.15, -0.1) is 0 Å². The molecular weight excluding hydrogens is 322 g/mol. The van der Waals surface area contributed by atoms with Gasteiger partial charge in [-0.3, -0.25) is 19.3 Å². The predicted octanol–water partition coefficient (Wildman–Crippen LogP) is 2.33. The Morgan fingerprint density at radius 1 is 1.12 bits per heavy atom.